The van der Waals surface area contributed by atoms with Gasteiger partial charge >= 0.3 is 0 Å². The summed E-state index contributed by atoms with van der Waals surface area (Å²) in [4.78, 5) is 0. The molecule has 0 aromatic rings. The van der Waals surface area contributed by atoms with Gasteiger partial charge < -0.3 is 10.5 Å². The minimum absolute atomic E-state index is 0.358. The Kier molecular flexibility index (Phi) is 4.81. The Morgan fingerprint density at radius 2 is 2.08 bits per heavy atom. The maximum absolute atomic E-state index is 8.44. The lowest BCUT2D eigenvalue weighted by molar-refractivity contribution is 0.0264. The van der Waals surface area contributed by atoms with E-state index in [2.05, 4.69) is 0 Å². The molecule has 1 unspecified atom stereocenters. The average molecular weight is 182 g/mol. The molecule has 1 aliphatic carbocycles. The van der Waals surface area contributed by atoms with Crippen molar-refractivity contribution < 1.29 is 4.74 Å². The van der Waals surface area contributed by atoms with Crippen molar-refractivity contribution in [1.82, 2.24) is 0 Å². The second-order valence-corrected chi connectivity index (χ2v) is 3.66. The van der Waals surface area contributed by atoms with Crippen LogP contribution in [-0.2, 0) is 4.74 Å². The van der Waals surface area contributed by atoms with Crippen molar-refractivity contribution in [3.05, 3.63) is 0 Å². The van der Waals surface area contributed by atoms with E-state index in [1.165, 1.54) is 32.1 Å². The van der Waals surface area contributed by atoms with Gasteiger partial charge in [0, 0.05) is 6.61 Å². The molecule has 0 spiro atoms. The molecule has 0 aromatic heterocycles. The lowest BCUT2D eigenvalue weighted by Crippen LogP contribution is -2.23. The molecule has 1 atom stereocenters. The summed E-state index contributed by atoms with van der Waals surface area (Å²) in [6, 6.07) is 1.64. The van der Waals surface area contributed by atoms with E-state index < -0.39 is 0 Å². The fourth-order valence-electron chi connectivity index (χ4n) is 1.66. The van der Waals surface area contributed by atoms with E-state index in [0.717, 1.165) is 0 Å². The monoisotopic (exact) mass is 182 g/mol. The third-order valence-corrected chi connectivity index (χ3v) is 2.50. The van der Waals surface area contributed by atoms with E-state index >= 15 is 0 Å². The Bertz CT molecular complexity index is 170. The largest absolute Gasteiger partial charge is 0.378 e. The Morgan fingerprint density at radius 1 is 1.38 bits per heavy atom. The number of hydrogen-bond donors (Lipinski definition) is 1. The molecule has 3 heteroatoms. The van der Waals surface area contributed by atoms with Gasteiger partial charge in [0.15, 0.2) is 0 Å². The summed E-state index contributed by atoms with van der Waals surface area (Å²) in [5.41, 5.74) is 5.45. The summed E-state index contributed by atoms with van der Waals surface area (Å²) >= 11 is 0. The topological polar surface area (TPSA) is 59.0 Å². The van der Waals surface area contributed by atoms with Gasteiger partial charge in [-0.25, -0.2) is 0 Å². The van der Waals surface area contributed by atoms with Crippen molar-refractivity contribution in [3.8, 4) is 6.07 Å². The Hall–Kier alpha value is -0.590. The van der Waals surface area contributed by atoms with Crippen LogP contribution in [0.3, 0.4) is 0 Å². The van der Waals surface area contributed by atoms with Crippen LogP contribution in [0.2, 0.25) is 0 Å². The average Bonchev–Trinajstić information content (AvgIpc) is 2.19. The van der Waals surface area contributed by atoms with E-state index in [1.54, 1.807) is 0 Å². The predicted molar refractivity (Wildman–Crippen MR) is 51.0 cm³/mol. The van der Waals surface area contributed by atoms with Gasteiger partial charge in [-0.05, 0) is 19.3 Å². The van der Waals surface area contributed by atoms with Crippen molar-refractivity contribution in [2.45, 2.75) is 50.7 Å². The molecule has 0 aromatic carbocycles. The van der Waals surface area contributed by atoms with E-state index in [0.29, 0.717) is 19.1 Å². The highest BCUT2D eigenvalue weighted by atomic mass is 16.5. The molecule has 3 nitrogen and oxygen atoms in total. The summed E-state index contributed by atoms with van der Waals surface area (Å²) < 4.78 is 5.62. The zero-order valence-corrected chi connectivity index (χ0v) is 8.04. The van der Waals surface area contributed by atoms with Gasteiger partial charge in [0.05, 0.1) is 18.2 Å². The van der Waals surface area contributed by atoms with Gasteiger partial charge in [-0.2, -0.15) is 5.26 Å². The second kappa shape index (κ2) is 5.95. The molecule has 74 valence electrons. The number of rotatable bonds is 4. The summed E-state index contributed by atoms with van der Waals surface area (Å²) in [5.74, 6) is 0. The molecule has 0 aliphatic heterocycles. The fourth-order valence-corrected chi connectivity index (χ4v) is 1.66. The lowest BCUT2D eigenvalue weighted by atomic mass is 9.98. The standard InChI is InChI=1S/C10H18N2O/c11-8-9(12)6-7-13-10-4-2-1-3-5-10/h9-10H,1-7,12H2. The molecule has 13 heavy (non-hydrogen) atoms. The normalized spacial score (nSPS) is 20.9. The van der Waals surface area contributed by atoms with E-state index in [9.17, 15) is 0 Å². The third kappa shape index (κ3) is 4.25. The van der Waals surface area contributed by atoms with Crippen LogP contribution in [0.5, 0.6) is 0 Å². The zero-order valence-electron chi connectivity index (χ0n) is 8.04. The number of nitriles is 1. The Morgan fingerprint density at radius 3 is 2.69 bits per heavy atom. The quantitative estimate of drug-likeness (QED) is 0.718. The minimum Gasteiger partial charge on any atom is -0.378 e. The van der Waals surface area contributed by atoms with Crippen LogP contribution >= 0.6 is 0 Å². The fraction of sp³-hybridized carbons (Fsp3) is 0.900. The minimum atomic E-state index is -0.358. The van der Waals surface area contributed by atoms with E-state index in [1.807, 2.05) is 6.07 Å². The van der Waals surface area contributed by atoms with Crippen LogP contribution in [0.1, 0.15) is 38.5 Å². The number of nitrogens with zero attached hydrogens (tertiary/aromatic N) is 1. The van der Waals surface area contributed by atoms with Gasteiger partial charge in [0.2, 0.25) is 0 Å². The highest BCUT2D eigenvalue weighted by Gasteiger charge is 2.13. The number of ether oxygens (including phenoxy) is 1. The van der Waals surface area contributed by atoms with Crippen LogP contribution in [-0.4, -0.2) is 18.8 Å². The molecule has 0 heterocycles. The van der Waals surface area contributed by atoms with Gasteiger partial charge in [0.1, 0.15) is 0 Å². The highest BCUT2D eigenvalue weighted by Crippen LogP contribution is 2.20. The van der Waals surface area contributed by atoms with Gasteiger partial charge in [-0.1, -0.05) is 19.3 Å². The molecule has 0 saturated heterocycles. The highest BCUT2D eigenvalue weighted by molar-refractivity contribution is 4.85. The lowest BCUT2D eigenvalue weighted by Gasteiger charge is -2.22. The number of nitrogens with two attached hydrogens (primary N) is 1. The molecule has 1 aliphatic rings. The third-order valence-electron chi connectivity index (χ3n) is 2.50. The van der Waals surface area contributed by atoms with Crippen molar-refractivity contribution in [2.75, 3.05) is 6.61 Å². The summed E-state index contributed by atoms with van der Waals surface area (Å²) in [6.07, 6.45) is 7.37. The van der Waals surface area contributed by atoms with E-state index in [4.69, 9.17) is 15.7 Å². The molecule has 0 bridgehead atoms. The van der Waals surface area contributed by atoms with Crippen molar-refractivity contribution >= 4 is 0 Å². The smallest absolute Gasteiger partial charge is 0.0950 e. The number of hydrogen-bond acceptors (Lipinski definition) is 3. The first kappa shape index (κ1) is 10.5. The first-order valence-electron chi connectivity index (χ1n) is 5.09. The van der Waals surface area contributed by atoms with E-state index in [-0.39, 0.29) is 6.04 Å². The summed E-state index contributed by atoms with van der Waals surface area (Å²) in [5, 5.41) is 8.44. The maximum atomic E-state index is 8.44. The molecule has 0 radical (unpaired) electrons. The summed E-state index contributed by atoms with van der Waals surface area (Å²) in [7, 11) is 0. The molecular weight excluding hydrogens is 164 g/mol. The first-order valence-corrected chi connectivity index (χ1v) is 5.09. The molecule has 2 N–H and O–H groups in total. The molecular formula is C10H18N2O. The molecule has 1 fully saturated rings. The second-order valence-electron chi connectivity index (χ2n) is 3.66. The van der Waals surface area contributed by atoms with Crippen molar-refractivity contribution in [2.24, 2.45) is 5.73 Å². The van der Waals surface area contributed by atoms with Gasteiger partial charge in [-0.15, -0.1) is 0 Å². The van der Waals surface area contributed by atoms with Crippen molar-refractivity contribution in [3.63, 3.8) is 0 Å². The summed E-state index contributed by atoms with van der Waals surface area (Å²) in [6.45, 7) is 0.638. The van der Waals surface area contributed by atoms with Crippen LogP contribution < -0.4 is 5.73 Å². The molecule has 1 rings (SSSR count). The van der Waals surface area contributed by atoms with Crippen molar-refractivity contribution in [1.29, 1.82) is 5.26 Å². The van der Waals surface area contributed by atoms with Crippen LogP contribution in [0, 0.1) is 11.3 Å². The van der Waals surface area contributed by atoms with Gasteiger partial charge in [0.25, 0.3) is 0 Å². The maximum Gasteiger partial charge on any atom is 0.0950 e. The van der Waals surface area contributed by atoms with Gasteiger partial charge in [-0.3, -0.25) is 0 Å². The Labute approximate surface area is 79.9 Å². The molecule has 1 saturated carbocycles. The molecule has 0 amide bonds. The zero-order chi connectivity index (χ0) is 9.52. The Balaban J connectivity index is 2.02. The van der Waals surface area contributed by atoms with Crippen LogP contribution in [0.15, 0.2) is 0 Å². The van der Waals surface area contributed by atoms with Crippen LogP contribution in [0.25, 0.3) is 0 Å². The van der Waals surface area contributed by atoms with Crippen LogP contribution in [0.4, 0.5) is 0 Å². The SMILES string of the molecule is N#CC(N)CCOC1CCCCC1. The first-order chi connectivity index (χ1) is 6.33. The predicted octanol–water partition coefficient (Wildman–Crippen LogP) is 1.58.